The van der Waals surface area contributed by atoms with Crippen molar-refractivity contribution in [3.63, 3.8) is 0 Å². The van der Waals surface area contributed by atoms with Gasteiger partial charge in [-0.2, -0.15) is 0 Å². The molecule has 0 radical (unpaired) electrons. The maximum atomic E-state index is 11.6. The van der Waals surface area contributed by atoms with E-state index in [4.69, 9.17) is 0 Å². The second-order valence-corrected chi connectivity index (χ2v) is 5.19. The van der Waals surface area contributed by atoms with Gasteiger partial charge in [0.2, 0.25) is 0 Å². The molecule has 2 heteroatoms. The molecule has 0 bridgehead atoms. The summed E-state index contributed by atoms with van der Waals surface area (Å²) in [6, 6.07) is 7.95. The Morgan fingerprint density at radius 1 is 1.40 bits per heavy atom. The van der Waals surface area contributed by atoms with E-state index in [1.54, 1.807) is 0 Å². The molecule has 0 saturated heterocycles. The first-order valence-corrected chi connectivity index (χ1v) is 6.13. The molecule has 0 aliphatic carbocycles. The molecule has 0 heterocycles. The molecular weight excluding hydrogens is 252 g/mol. The molecule has 1 aromatic rings. The normalized spacial score (nSPS) is 10.7. The van der Waals surface area contributed by atoms with E-state index in [0.717, 1.165) is 16.5 Å². The van der Waals surface area contributed by atoms with Crippen LogP contribution in [0.3, 0.4) is 0 Å². The summed E-state index contributed by atoms with van der Waals surface area (Å²) in [5, 5.41) is 0. The molecule has 1 rings (SSSR count). The van der Waals surface area contributed by atoms with E-state index < -0.39 is 0 Å². The zero-order valence-electron chi connectivity index (χ0n) is 9.29. The maximum Gasteiger partial charge on any atom is 0.137 e. The largest absolute Gasteiger partial charge is 0.299 e. The number of hydrogen-bond donors (Lipinski definition) is 0. The minimum absolute atomic E-state index is 0.335. The molecular formula is C13H17BrO. The van der Waals surface area contributed by atoms with Gasteiger partial charge in [-0.25, -0.2) is 0 Å². The van der Waals surface area contributed by atoms with E-state index in [1.165, 1.54) is 0 Å². The Kier molecular flexibility index (Phi) is 5.03. The Hall–Kier alpha value is -0.630. The van der Waals surface area contributed by atoms with Crippen LogP contribution in [-0.4, -0.2) is 5.78 Å². The monoisotopic (exact) mass is 268 g/mol. The van der Waals surface area contributed by atoms with Crippen molar-refractivity contribution in [1.82, 2.24) is 0 Å². The molecule has 82 valence electrons. The van der Waals surface area contributed by atoms with Crippen LogP contribution in [0, 0.1) is 5.92 Å². The summed E-state index contributed by atoms with van der Waals surface area (Å²) in [6.45, 7) is 4.29. The predicted molar refractivity (Wildman–Crippen MR) is 66.9 cm³/mol. The summed E-state index contributed by atoms with van der Waals surface area (Å²) in [5.74, 6) is 0.943. The van der Waals surface area contributed by atoms with Gasteiger partial charge in [0.15, 0.2) is 0 Å². The summed E-state index contributed by atoms with van der Waals surface area (Å²) >= 11 is 3.40. The molecule has 15 heavy (non-hydrogen) atoms. The first-order chi connectivity index (χ1) is 7.08. The highest BCUT2D eigenvalue weighted by atomic mass is 79.9. The number of ketones is 1. The average Bonchev–Trinajstić information content (AvgIpc) is 2.15. The zero-order valence-corrected chi connectivity index (χ0v) is 10.9. The van der Waals surface area contributed by atoms with Gasteiger partial charge in [-0.05, 0) is 30.0 Å². The van der Waals surface area contributed by atoms with Crippen molar-refractivity contribution in [3.8, 4) is 0 Å². The number of halogens is 1. The fraction of sp³-hybridized carbons (Fsp3) is 0.462. The third kappa shape index (κ3) is 5.12. The Morgan fingerprint density at radius 3 is 2.73 bits per heavy atom. The highest BCUT2D eigenvalue weighted by molar-refractivity contribution is 9.10. The molecule has 0 unspecified atom stereocenters. The Bertz CT molecular complexity index is 331. The molecule has 0 amide bonds. The van der Waals surface area contributed by atoms with Crippen molar-refractivity contribution >= 4 is 21.7 Å². The molecule has 0 saturated carbocycles. The number of carbonyl (C=O) groups excluding carboxylic acids is 1. The van der Waals surface area contributed by atoms with Crippen molar-refractivity contribution in [2.75, 3.05) is 0 Å². The van der Waals surface area contributed by atoms with Crippen molar-refractivity contribution < 1.29 is 4.79 Å². The van der Waals surface area contributed by atoms with Crippen LogP contribution in [0.25, 0.3) is 0 Å². The smallest absolute Gasteiger partial charge is 0.137 e. The molecule has 0 atom stereocenters. The summed E-state index contributed by atoms with van der Waals surface area (Å²) < 4.78 is 1.04. The van der Waals surface area contributed by atoms with Crippen LogP contribution in [0.1, 0.15) is 32.3 Å². The van der Waals surface area contributed by atoms with E-state index in [-0.39, 0.29) is 0 Å². The first-order valence-electron chi connectivity index (χ1n) is 5.34. The second kappa shape index (κ2) is 6.06. The number of hydrogen-bond acceptors (Lipinski definition) is 1. The minimum Gasteiger partial charge on any atom is -0.299 e. The highest BCUT2D eigenvalue weighted by Crippen LogP contribution is 2.13. The lowest BCUT2D eigenvalue weighted by molar-refractivity contribution is -0.118. The minimum atomic E-state index is 0.335. The van der Waals surface area contributed by atoms with Crippen LogP contribution in [0.4, 0.5) is 0 Å². The lowest BCUT2D eigenvalue weighted by Gasteiger charge is -2.04. The van der Waals surface area contributed by atoms with E-state index in [0.29, 0.717) is 24.5 Å². The third-order valence-corrected chi connectivity index (χ3v) is 2.78. The topological polar surface area (TPSA) is 17.1 Å². The Labute approximate surface area is 100 Å². The Morgan fingerprint density at radius 2 is 2.13 bits per heavy atom. The average molecular weight is 269 g/mol. The third-order valence-electron chi connectivity index (χ3n) is 2.29. The van der Waals surface area contributed by atoms with Crippen LogP contribution in [0.2, 0.25) is 0 Å². The number of benzene rings is 1. The quantitative estimate of drug-likeness (QED) is 0.789. The molecule has 0 aliphatic heterocycles. The summed E-state index contributed by atoms with van der Waals surface area (Å²) in [7, 11) is 0. The van der Waals surface area contributed by atoms with Crippen molar-refractivity contribution in [2.45, 2.75) is 33.1 Å². The van der Waals surface area contributed by atoms with Gasteiger partial charge >= 0.3 is 0 Å². The second-order valence-electron chi connectivity index (χ2n) is 4.28. The van der Waals surface area contributed by atoms with E-state index in [2.05, 4.69) is 29.8 Å². The lowest BCUT2D eigenvalue weighted by Crippen LogP contribution is -2.04. The SMILES string of the molecule is CC(C)CCC(=O)Cc1cccc(Br)c1. The lowest BCUT2D eigenvalue weighted by atomic mass is 10.0. The van der Waals surface area contributed by atoms with Gasteiger partial charge in [-0.15, -0.1) is 0 Å². The summed E-state index contributed by atoms with van der Waals surface area (Å²) in [5.41, 5.74) is 1.10. The van der Waals surface area contributed by atoms with Crippen LogP contribution in [-0.2, 0) is 11.2 Å². The molecule has 1 nitrogen and oxygen atoms in total. The van der Waals surface area contributed by atoms with Gasteiger partial charge in [0.1, 0.15) is 5.78 Å². The van der Waals surface area contributed by atoms with Crippen LogP contribution >= 0.6 is 15.9 Å². The number of carbonyl (C=O) groups is 1. The number of rotatable bonds is 5. The van der Waals surface area contributed by atoms with Gasteiger partial charge in [-0.3, -0.25) is 4.79 Å². The van der Waals surface area contributed by atoms with Gasteiger partial charge in [-0.1, -0.05) is 41.9 Å². The molecule has 0 aromatic heterocycles. The predicted octanol–water partition coefficient (Wildman–Crippen LogP) is 4.00. The zero-order chi connectivity index (χ0) is 11.3. The molecule has 0 fully saturated rings. The van der Waals surface area contributed by atoms with Crippen molar-refractivity contribution in [3.05, 3.63) is 34.3 Å². The van der Waals surface area contributed by atoms with E-state index in [9.17, 15) is 4.79 Å². The van der Waals surface area contributed by atoms with Crippen molar-refractivity contribution in [1.29, 1.82) is 0 Å². The molecule has 0 spiro atoms. The molecule has 0 N–H and O–H groups in total. The van der Waals surface area contributed by atoms with Crippen LogP contribution in [0.5, 0.6) is 0 Å². The van der Waals surface area contributed by atoms with E-state index in [1.807, 2.05) is 24.3 Å². The summed E-state index contributed by atoms with van der Waals surface area (Å²) in [6.07, 6.45) is 2.25. The molecule has 1 aromatic carbocycles. The Balaban J connectivity index is 2.44. The fourth-order valence-electron chi connectivity index (χ4n) is 1.41. The van der Waals surface area contributed by atoms with Crippen LogP contribution < -0.4 is 0 Å². The van der Waals surface area contributed by atoms with Crippen LogP contribution in [0.15, 0.2) is 28.7 Å². The standard InChI is InChI=1S/C13H17BrO/c1-10(2)6-7-13(15)9-11-4-3-5-12(14)8-11/h3-5,8,10H,6-7,9H2,1-2H3. The van der Waals surface area contributed by atoms with Gasteiger partial charge in [0.25, 0.3) is 0 Å². The molecule has 0 aliphatic rings. The van der Waals surface area contributed by atoms with Crippen molar-refractivity contribution in [2.24, 2.45) is 5.92 Å². The van der Waals surface area contributed by atoms with Gasteiger partial charge in [0.05, 0.1) is 0 Å². The first kappa shape index (κ1) is 12.4. The fourth-order valence-corrected chi connectivity index (χ4v) is 1.86. The van der Waals surface area contributed by atoms with Gasteiger partial charge in [0, 0.05) is 17.3 Å². The highest BCUT2D eigenvalue weighted by Gasteiger charge is 2.05. The van der Waals surface area contributed by atoms with E-state index >= 15 is 0 Å². The maximum absolute atomic E-state index is 11.6. The summed E-state index contributed by atoms with van der Waals surface area (Å²) in [4.78, 5) is 11.6. The van der Waals surface area contributed by atoms with Gasteiger partial charge < -0.3 is 0 Å². The number of Topliss-reactive ketones (excluding diaryl/α,β-unsaturated/α-hetero) is 1.